The summed E-state index contributed by atoms with van der Waals surface area (Å²) in [6.07, 6.45) is 0.924. The van der Waals surface area contributed by atoms with Crippen LogP contribution in [0.25, 0.3) is 11.4 Å². The molecule has 9 nitrogen and oxygen atoms in total. The van der Waals surface area contributed by atoms with Crippen molar-refractivity contribution in [2.75, 3.05) is 25.5 Å². The number of ether oxygens (including phenoxy) is 1. The third-order valence-electron chi connectivity index (χ3n) is 5.14. The van der Waals surface area contributed by atoms with Crippen LogP contribution in [0.3, 0.4) is 0 Å². The van der Waals surface area contributed by atoms with Crippen LogP contribution in [0.4, 0.5) is 5.69 Å². The van der Waals surface area contributed by atoms with Crippen LogP contribution in [0.5, 0.6) is 5.75 Å². The Morgan fingerprint density at radius 3 is 2.58 bits per heavy atom. The van der Waals surface area contributed by atoms with Crippen molar-refractivity contribution in [2.24, 2.45) is 5.92 Å². The van der Waals surface area contributed by atoms with Crippen molar-refractivity contribution in [1.82, 2.24) is 14.4 Å². The van der Waals surface area contributed by atoms with Gasteiger partial charge in [0.05, 0.1) is 7.11 Å². The molecular formula is C20H22N4O5S2. The Morgan fingerprint density at radius 1 is 1.26 bits per heavy atom. The van der Waals surface area contributed by atoms with Gasteiger partial charge in [0.1, 0.15) is 9.96 Å². The number of sulfonamides is 1. The van der Waals surface area contributed by atoms with Crippen molar-refractivity contribution in [3.8, 4) is 17.1 Å². The molecule has 1 fully saturated rings. The molecule has 1 aliphatic rings. The summed E-state index contributed by atoms with van der Waals surface area (Å²) in [5, 5.41) is 8.42. The first-order chi connectivity index (χ1) is 14.9. The smallest absolute Gasteiger partial charge is 0.252 e. The molecule has 0 saturated carbocycles. The average molecular weight is 463 g/mol. The maximum atomic E-state index is 13.0. The molecule has 0 aliphatic carbocycles. The molecule has 1 amide bonds. The van der Waals surface area contributed by atoms with E-state index in [-0.39, 0.29) is 29.1 Å². The van der Waals surface area contributed by atoms with Crippen LogP contribution >= 0.6 is 11.3 Å². The van der Waals surface area contributed by atoms with Gasteiger partial charge in [0.2, 0.25) is 17.6 Å². The number of rotatable bonds is 6. The first-order valence-corrected chi connectivity index (χ1v) is 12.0. The fourth-order valence-corrected chi connectivity index (χ4v) is 6.17. The SMILES string of the molecule is COc1ccc(NC(=O)C2CCN(S(=O)(=O)c3cc(-c4noc(C)n4)cs3)CC2)cc1. The van der Waals surface area contributed by atoms with Crippen molar-refractivity contribution in [1.29, 1.82) is 0 Å². The Morgan fingerprint density at radius 2 is 1.97 bits per heavy atom. The first kappa shape index (κ1) is 21.5. The normalized spacial score (nSPS) is 15.7. The number of anilines is 1. The first-order valence-electron chi connectivity index (χ1n) is 9.71. The Bertz CT molecular complexity index is 1160. The highest BCUT2D eigenvalue weighted by Crippen LogP contribution is 2.31. The minimum Gasteiger partial charge on any atom is -0.497 e. The van der Waals surface area contributed by atoms with E-state index in [0.717, 1.165) is 11.3 Å². The predicted molar refractivity (Wildman–Crippen MR) is 115 cm³/mol. The highest BCUT2D eigenvalue weighted by molar-refractivity contribution is 7.91. The van der Waals surface area contributed by atoms with E-state index in [9.17, 15) is 13.2 Å². The predicted octanol–water partition coefficient (Wildman–Crippen LogP) is 3.15. The van der Waals surface area contributed by atoms with E-state index in [1.54, 1.807) is 49.7 Å². The number of benzene rings is 1. The van der Waals surface area contributed by atoms with Crippen LogP contribution in [0.1, 0.15) is 18.7 Å². The minimum atomic E-state index is -3.64. The molecule has 11 heteroatoms. The third kappa shape index (κ3) is 4.63. The summed E-state index contributed by atoms with van der Waals surface area (Å²) in [6.45, 7) is 2.25. The molecule has 3 aromatic rings. The molecule has 0 radical (unpaired) electrons. The van der Waals surface area contributed by atoms with Crippen molar-refractivity contribution in [2.45, 2.75) is 24.0 Å². The van der Waals surface area contributed by atoms with E-state index in [2.05, 4.69) is 15.5 Å². The number of amides is 1. The van der Waals surface area contributed by atoms with Crippen LogP contribution in [0.15, 0.2) is 44.4 Å². The van der Waals surface area contributed by atoms with Gasteiger partial charge in [-0.05, 0) is 43.2 Å². The van der Waals surface area contributed by atoms with Crippen molar-refractivity contribution >= 4 is 33.0 Å². The summed E-state index contributed by atoms with van der Waals surface area (Å²) in [4.78, 5) is 16.7. The number of piperidine rings is 1. The van der Waals surface area contributed by atoms with Gasteiger partial charge < -0.3 is 14.6 Å². The molecule has 2 aromatic heterocycles. The van der Waals surface area contributed by atoms with Gasteiger partial charge in [0.25, 0.3) is 10.0 Å². The van der Waals surface area contributed by atoms with E-state index >= 15 is 0 Å². The monoisotopic (exact) mass is 462 g/mol. The second kappa shape index (κ2) is 8.77. The van der Waals surface area contributed by atoms with E-state index < -0.39 is 10.0 Å². The van der Waals surface area contributed by atoms with Gasteiger partial charge >= 0.3 is 0 Å². The van der Waals surface area contributed by atoms with Gasteiger partial charge in [-0.15, -0.1) is 11.3 Å². The molecule has 164 valence electrons. The number of carbonyl (C=O) groups excluding carboxylic acids is 1. The van der Waals surface area contributed by atoms with Gasteiger partial charge in [-0.3, -0.25) is 4.79 Å². The molecule has 31 heavy (non-hydrogen) atoms. The number of nitrogens with one attached hydrogen (secondary N) is 1. The lowest BCUT2D eigenvalue weighted by atomic mass is 9.97. The largest absolute Gasteiger partial charge is 0.497 e. The maximum Gasteiger partial charge on any atom is 0.252 e. The summed E-state index contributed by atoms with van der Waals surface area (Å²) in [7, 11) is -2.06. The van der Waals surface area contributed by atoms with Gasteiger partial charge in [-0.1, -0.05) is 5.16 Å². The summed E-state index contributed by atoms with van der Waals surface area (Å²) in [5.74, 6) is 1.15. The molecular weight excluding hydrogens is 440 g/mol. The van der Waals surface area contributed by atoms with Crippen LogP contribution < -0.4 is 10.1 Å². The van der Waals surface area contributed by atoms with Gasteiger partial charge in [0, 0.05) is 42.6 Å². The molecule has 0 bridgehead atoms. The van der Waals surface area contributed by atoms with Gasteiger partial charge in [0.15, 0.2) is 0 Å². The van der Waals surface area contributed by atoms with Crippen LogP contribution in [-0.2, 0) is 14.8 Å². The highest BCUT2D eigenvalue weighted by atomic mass is 32.2. The minimum absolute atomic E-state index is 0.104. The number of hydrogen-bond acceptors (Lipinski definition) is 8. The van der Waals surface area contributed by atoms with E-state index in [0.29, 0.717) is 41.6 Å². The van der Waals surface area contributed by atoms with Crippen LogP contribution in [0.2, 0.25) is 0 Å². The fourth-order valence-electron chi connectivity index (χ4n) is 3.39. The molecule has 0 spiro atoms. The number of hydrogen-bond donors (Lipinski definition) is 1. The highest BCUT2D eigenvalue weighted by Gasteiger charge is 2.33. The number of carbonyl (C=O) groups is 1. The van der Waals surface area contributed by atoms with Gasteiger partial charge in [-0.2, -0.15) is 9.29 Å². The van der Waals surface area contributed by atoms with E-state index in [1.807, 2.05) is 0 Å². The average Bonchev–Trinajstić information content (AvgIpc) is 3.44. The Labute approximate surface area is 184 Å². The van der Waals surface area contributed by atoms with Crippen LogP contribution in [-0.4, -0.2) is 49.0 Å². The molecule has 1 aromatic carbocycles. The lowest BCUT2D eigenvalue weighted by Crippen LogP contribution is -2.41. The molecule has 0 atom stereocenters. The maximum absolute atomic E-state index is 13.0. The zero-order valence-electron chi connectivity index (χ0n) is 17.1. The second-order valence-corrected chi connectivity index (χ2v) is 10.3. The molecule has 4 rings (SSSR count). The second-order valence-electron chi connectivity index (χ2n) is 7.19. The Hall–Kier alpha value is -2.76. The quantitative estimate of drug-likeness (QED) is 0.598. The lowest BCUT2D eigenvalue weighted by molar-refractivity contribution is -0.120. The van der Waals surface area contributed by atoms with Crippen molar-refractivity contribution < 1.29 is 22.5 Å². The molecule has 1 N–H and O–H groups in total. The van der Waals surface area contributed by atoms with Crippen molar-refractivity contribution in [3.05, 3.63) is 41.6 Å². The standard InChI is InChI=1S/C20H22N4O5S2/c1-13-21-19(23-29-13)15-11-18(30-12-15)31(26,27)24-9-7-14(8-10-24)20(25)22-16-3-5-17(28-2)6-4-16/h3-6,11-12,14H,7-10H2,1-2H3,(H,22,25). The van der Waals surface area contributed by atoms with E-state index in [4.69, 9.17) is 9.26 Å². The third-order valence-corrected chi connectivity index (χ3v) is 8.45. The molecule has 1 aliphatic heterocycles. The van der Waals surface area contributed by atoms with E-state index in [1.165, 1.54) is 4.31 Å². The number of aromatic nitrogens is 2. The molecule has 3 heterocycles. The summed E-state index contributed by atoms with van der Waals surface area (Å²) >= 11 is 1.13. The number of aryl methyl sites for hydroxylation is 1. The number of thiophene rings is 1. The zero-order valence-corrected chi connectivity index (χ0v) is 18.7. The van der Waals surface area contributed by atoms with Crippen LogP contribution in [0, 0.1) is 12.8 Å². The summed E-state index contributed by atoms with van der Waals surface area (Å²) in [6, 6.07) is 8.66. The fraction of sp³-hybridized carbons (Fsp3) is 0.350. The number of nitrogens with zero attached hydrogens (tertiary/aromatic N) is 3. The molecule has 0 unspecified atom stereocenters. The lowest BCUT2D eigenvalue weighted by Gasteiger charge is -2.30. The van der Waals surface area contributed by atoms with Gasteiger partial charge in [-0.25, -0.2) is 8.42 Å². The summed E-state index contributed by atoms with van der Waals surface area (Å²) in [5.41, 5.74) is 1.29. The molecule has 1 saturated heterocycles. The summed E-state index contributed by atoms with van der Waals surface area (Å²) < 4.78 is 37.8. The number of methoxy groups -OCH3 is 1. The Kier molecular flexibility index (Phi) is 6.08. The Balaban J connectivity index is 1.37. The van der Waals surface area contributed by atoms with Crippen molar-refractivity contribution in [3.63, 3.8) is 0 Å². The zero-order chi connectivity index (χ0) is 22.0. The topological polar surface area (TPSA) is 115 Å².